The molecule has 0 N–H and O–H groups in total. The predicted octanol–water partition coefficient (Wildman–Crippen LogP) is 6.49. The fourth-order valence-electron chi connectivity index (χ4n) is 4.64. The molecule has 0 bridgehead atoms. The van der Waals surface area contributed by atoms with E-state index in [2.05, 4.69) is 0 Å². The van der Waals surface area contributed by atoms with Gasteiger partial charge in [-0.15, -0.1) is 0 Å². The number of amides is 1. The van der Waals surface area contributed by atoms with E-state index in [-0.39, 0.29) is 45.4 Å². The molecule has 0 aromatic heterocycles. The van der Waals surface area contributed by atoms with Gasteiger partial charge in [0.25, 0.3) is 5.92 Å². The highest BCUT2D eigenvalue weighted by Crippen LogP contribution is 2.31. The quantitative estimate of drug-likeness (QED) is 0.198. The average Bonchev–Trinajstić information content (AvgIpc) is 3.30. The Labute approximate surface area is 257 Å². The number of likely N-dealkylation sites (N-methyl/N-ethyl adjacent to an activating group) is 1. The van der Waals surface area contributed by atoms with Gasteiger partial charge in [0.15, 0.2) is 0 Å². The first kappa shape index (κ1) is 34.7. The van der Waals surface area contributed by atoms with Crippen molar-refractivity contribution in [3.05, 3.63) is 65.7 Å². The summed E-state index contributed by atoms with van der Waals surface area (Å²) in [5.74, 6) is -4.48. The van der Waals surface area contributed by atoms with Crippen LogP contribution in [0, 0.1) is 0 Å². The molecule has 2 aromatic rings. The second-order valence-electron chi connectivity index (χ2n) is 12.8. The van der Waals surface area contributed by atoms with Crippen molar-refractivity contribution in [1.29, 1.82) is 0 Å². The molecular formula is C33H43F3N2O6. The van der Waals surface area contributed by atoms with E-state index >= 15 is 0 Å². The lowest BCUT2D eigenvalue weighted by atomic mass is 10.00. The van der Waals surface area contributed by atoms with Crippen LogP contribution in [0.25, 0.3) is 0 Å². The van der Waals surface area contributed by atoms with E-state index in [0.29, 0.717) is 11.3 Å². The number of esters is 2. The first-order valence-corrected chi connectivity index (χ1v) is 14.7. The lowest BCUT2D eigenvalue weighted by Gasteiger charge is -2.31. The van der Waals surface area contributed by atoms with Gasteiger partial charge in [-0.2, -0.15) is 0 Å². The van der Waals surface area contributed by atoms with Crippen molar-refractivity contribution in [2.75, 3.05) is 25.0 Å². The van der Waals surface area contributed by atoms with Gasteiger partial charge in [-0.25, -0.2) is 27.6 Å². The molecule has 1 amide bonds. The Balaban J connectivity index is 1.81. The van der Waals surface area contributed by atoms with Gasteiger partial charge in [-0.1, -0.05) is 42.5 Å². The van der Waals surface area contributed by atoms with Gasteiger partial charge in [0.1, 0.15) is 23.9 Å². The number of anilines is 1. The molecule has 0 saturated carbocycles. The number of benzene rings is 2. The van der Waals surface area contributed by atoms with Crippen molar-refractivity contribution in [3.63, 3.8) is 0 Å². The molecule has 0 radical (unpaired) electrons. The Morgan fingerprint density at radius 3 is 2.14 bits per heavy atom. The molecule has 0 aliphatic carbocycles. The maximum absolute atomic E-state index is 14.5. The molecule has 8 nitrogen and oxygen atoms in total. The zero-order valence-electron chi connectivity index (χ0n) is 26.3. The van der Waals surface area contributed by atoms with E-state index in [1.807, 2.05) is 6.07 Å². The summed E-state index contributed by atoms with van der Waals surface area (Å²) < 4.78 is 58.5. The number of carbonyl (C=O) groups is 3. The van der Waals surface area contributed by atoms with Crippen LogP contribution in [-0.4, -0.2) is 72.4 Å². The summed E-state index contributed by atoms with van der Waals surface area (Å²) in [6.07, 6.45) is -2.66. The van der Waals surface area contributed by atoms with Crippen LogP contribution in [0.15, 0.2) is 54.6 Å². The van der Waals surface area contributed by atoms with Gasteiger partial charge < -0.3 is 19.1 Å². The molecule has 1 aliphatic rings. The first-order valence-electron chi connectivity index (χ1n) is 14.7. The van der Waals surface area contributed by atoms with Gasteiger partial charge in [-0.05, 0) is 70.7 Å². The molecule has 1 aliphatic heterocycles. The summed E-state index contributed by atoms with van der Waals surface area (Å²) in [6, 6.07) is 14.4. The van der Waals surface area contributed by atoms with Crippen LogP contribution in [0.3, 0.4) is 0 Å². The monoisotopic (exact) mass is 620 g/mol. The highest BCUT2D eigenvalue weighted by molar-refractivity contribution is 5.85. The number of rotatable bonds is 12. The van der Waals surface area contributed by atoms with Crippen LogP contribution in [0.4, 0.5) is 23.7 Å². The number of hydrogen-bond acceptors (Lipinski definition) is 7. The molecule has 0 unspecified atom stereocenters. The molecule has 1 fully saturated rings. The van der Waals surface area contributed by atoms with Crippen molar-refractivity contribution in [3.8, 4) is 0 Å². The number of halogens is 3. The summed E-state index contributed by atoms with van der Waals surface area (Å²) in [5.41, 5.74) is -0.553. The highest BCUT2D eigenvalue weighted by atomic mass is 19.3. The van der Waals surface area contributed by atoms with Crippen LogP contribution in [0.5, 0.6) is 0 Å². The van der Waals surface area contributed by atoms with Crippen molar-refractivity contribution < 1.29 is 41.8 Å². The highest BCUT2D eigenvalue weighted by Gasteiger charge is 2.39. The topological polar surface area (TPSA) is 85.4 Å². The Hall–Kier alpha value is -3.76. The Morgan fingerprint density at radius 2 is 1.59 bits per heavy atom. The van der Waals surface area contributed by atoms with Crippen molar-refractivity contribution in [1.82, 2.24) is 4.90 Å². The summed E-state index contributed by atoms with van der Waals surface area (Å²) in [4.78, 5) is 42.3. The van der Waals surface area contributed by atoms with Crippen LogP contribution < -0.4 is 4.90 Å². The Kier molecular flexibility index (Phi) is 11.3. The molecule has 1 saturated heterocycles. The van der Waals surface area contributed by atoms with E-state index in [4.69, 9.17) is 14.2 Å². The zero-order chi connectivity index (χ0) is 32.7. The van der Waals surface area contributed by atoms with E-state index in [0.717, 1.165) is 10.5 Å². The van der Waals surface area contributed by atoms with Gasteiger partial charge in [0.05, 0.1) is 6.54 Å². The van der Waals surface area contributed by atoms with Crippen molar-refractivity contribution in [2.45, 2.75) is 96.2 Å². The lowest BCUT2D eigenvalue weighted by Crippen LogP contribution is -2.47. The smallest absolute Gasteiger partial charge is 0.410 e. The largest absolute Gasteiger partial charge is 0.458 e. The molecule has 3 rings (SSSR count). The normalized spacial score (nSPS) is 16.2. The summed E-state index contributed by atoms with van der Waals surface area (Å²) in [6.45, 7) is 7.54. The molecule has 2 atom stereocenters. The average molecular weight is 621 g/mol. The second-order valence-corrected chi connectivity index (χ2v) is 12.8. The third-order valence-electron chi connectivity index (χ3n) is 7.07. The number of alkyl halides is 3. The van der Waals surface area contributed by atoms with E-state index in [9.17, 15) is 27.6 Å². The Morgan fingerprint density at radius 1 is 0.955 bits per heavy atom. The van der Waals surface area contributed by atoms with Gasteiger partial charge in [0, 0.05) is 32.1 Å². The number of ether oxygens (including phenoxy) is 3. The summed E-state index contributed by atoms with van der Waals surface area (Å²) in [7, 11) is 1.36. The Bertz CT molecular complexity index is 1260. The lowest BCUT2D eigenvalue weighted by molar-refractivity contribution is -0.171. The number of nitrogens with zero attached hydrogens (tertiary/aromatic N) is 2. The summed E-state index contributed by atoms with van der Waals surface area (Å²) in [5, 5.41) is 0. The minimum absolute atomic E-state index is 0.0624. The fourth-order valence-corrected chi connectivity index (χ4v) is 4.64. The molecule has 1 heterocycles. The van der Waals surface area contributed by atoms with Crippen LogP contribution in [0.2, 0.25) is 0 Å². The van der Waals surface area contributed by atoms with Gasteiger partial charge >= 0.3 is 18.0 Å². The van der Waals surface area contributed by atoms with Crippen molar-refractivity contribution >= 4 is 23.7 Å². The SMILES string of the molecule is CN(C(=O)OC(C)(C)C)[C@@H](CCC(C)(C)F)C(=O)O[C@H](Cc1ccc(N2CCC(F)(F)C2)cc1)C(=O)OCc1ccccc1. The molecule has 44 heavy (non-hydrogen) atoms. The van der Waals surface area contributed by atoms with Gasteiger partial charge in [-0.3, -0.25) is 4.90 Å². The van der Waals surface area contributed by atoms with Crippen LogP contribution in [-0.2, 0) is 36.8 Å². The third kappa shape index (κ3) is 11.1. The number of hydrogen-bond donors (Lipinski definition) is 0. The van der Waals surface area contributed by atoms with E-state index in [1.54, 1.807) is 74.2 Å². The predicted molar refractivity (Wildman–Crippen MR) is 160 cm³/mol. The van der Waals surface area contributed by atoms with Crippen LogP contribution >= 0.6 is 0 Å². The minimum atomic E-state index is -2.75. The third-order valence-corrected chi connectivity index (χ3v) is 7.07. The zero-order valence-corrected chi connectivity index (χ0v) is 26.3. The standard InChI is InChI=1S/C33H43F3N2O6/c1-31(2,3)44-30(41)37(6)26(16-17-32(4,5)34)28(39)43-27(29(40)42-21-24-10-8-7-9-11-24)20-23-12-14-25(15-13-23)38-19-18-33(35,36)22-38/h7-15,26-27H,16-22H2,1-6H3/t26-,27+/m0/s1. The second kappa shape index (κ2) is 14.3. The molecule has 0 spiro atoms. The number of carbonyl (C=O) groups excluding carboxylic acids is 3. The van der Waals surface area contributed by atoms with E-state index in [1.165, 1.54) is 20.9 Å². The molecular weight excluding hydrogens is 577 g/mol. The van der Waals surface area contributed by atoms with Gasteiger partial charge in [0.2, 0.25) is 6.10 Å². The minimum Gasteiger partial charge on any atom is -0.458 e. The summed E-state index contributed by atoms with van der Waals surface area (Å²) >= 11 is 0. The van der Waals surface area contributed by atoms with Crippen molar-refractivity contribution in [2.24, 2.45) is 0 Å². The fraction of sp³-hybridized carbons (Fsp3) is 0.545. The maximum atomic E-state index is 14.5. The first-order chi connectivity index (χ1) is 20.4. The van der Waals surface area contributed by atoms with E-state index < -0.39 is 47.4 Å². The van der Waals surface area contributed by atoms with Crippen LogP contribution in [0.1, 0.15) is 65.0 Å². The maximum Gasteiger partial charge on any atom is 0.410 e. The molecule has 11 heteroatoms. The molecule has 242 valence electrons. The molecule has 2 aromatic carbocycles.